The number of carbonyl (C=O) groups is 1. The maximum Gasteiger partial charge on any atom is 0.321 e. The minimum absolute atomic E-state index is 0.0190. The highest BCUT2D eigenvalue weighted by atomic mass is 16.2. The van der Waals surface area contributed by atoms with E-state index in [2.05, 4.69) is 70.6 Å². The Hall–Kier alpha value is -2.53. The average molecular weight is 379 g/mol. The third-order valence-corrected chi connectivity index (χ3v) is 5.87. The molecule has 2 heterocycles. The number of hydrogen-bond donors (Lipinski definition) is 1. The first-order chi connectivity index (χ1) is 13.7. The Morgan fingerprint density at radius 1 is 0.929 bits per heavy atom. The molecule has 2 aromatic carbocycles. The van der Waals surface area contributed by atoms with Gasteiger partial charge in [0.2, 0.25) is 0 Å². The minimum Gasteiger partial charge on any atom is -0.369 e. The van der Waals surface area contributed by atoms with Crippen molar-refractivity contribution in [2.24, 2.45) is 0 Å². The summed E-state index contributed by atoms with van der Waals surface area (Å²) in [6.45, 7) is 9.27. The van der Waals surface area contributed by atoms with Gasteiger partial charge in [-0.3, -0.25) is 9.80 Å². The maximum atomic E-state index is 12.0. The molecule has 4 rings (SSSR count). The molecule has 2 amide bonds. The topological polar surface area (TPSA) is 38.8 Å². The molecule has 0 aromatic heterocycles. The van der Waals surface area contributed by atoms with Crippen molar-refractivity contribution in [2.75, 3.05) is 55.6 Å². The zero-order chi connectivity index (χ0) is 19.3. The Labute approximate surface area is 167 Å². The molecule has 0 unspecified atom stereocenters. The Bertz CT molecular complexity index is 797. The van der Waals surface area contributed by atoms with E-state index in [0.29, 0.717) is 0 Å². The van der Waals surface area contributed by atoms with Crippen molar-refractivity contribution in [1.82, 2.24) is 10.2 Å². The summed E-state index contributed by atoms with van der Waals surface area (Å²) in [5.74, 6) is 0. The summed E-state index contributed by atoms with van der Waals surface area (Å²) in [5, 5.41) is 2.91. The highest BCUT2D eigenvalue weighted by molar-refractivity contribution is 5.92. The predicted molar refractivity (Wildman–Crippen MR) is 115 cm³/mol. The number of aryl methyl sites for hydroxylation is 1. The quantitative estimate of drug-likeness (QED) is 0.868. The first-order valence-electron chi connectivity index (χ1n) is 10.4. The van der Waals surface area contributed by atoms with E-state index >= 15 is 0 Å². The second-order valence-electron chi connectivity index (χ2n) is 7.77. The van der Waals surface area contributed by atoms with Crippen molar-refractivity contribution >= 4 is 17.4 Å². The molecule has 148 valence electrons. The Morgan fingerprint density at radius 2 is 1.68 bits per heavy atom. The molecule has 5 nitrogen and oxygen atoms in total. The van der Waals surface area contributed by atoms with Crippen LogP contribution in [0, 0.1) is 6.92 Å². The second-order valence-corrected chi connectivity index (χ2v) is 7.77. The maximum absolute atomic E-state index is 12.0. The second kappa shape index (κ2) is 8.65. The van der Waals surface area contributed by atoms with Gasteiger partial charge in [0.05, 0.1) is 0 Å². The van der Waals surface area contributed by atoms with Crippen molar-refractivity contribution in [2.45, 2.75) is 19.8 Å². The molecular formula is C23H30N4O. The van der Waals surface area contributed by atoms with E-state index in [1.807, 2.05) is 4.90 Å². The summed E-state index contributed by atoms with van der Waals surface area (Å²) >= 11 is 0. The number of nitrogens with zero attached hydrogens (tertiary/aromatic N) is 3. The number of para-hydroxylation sites is 1. The van der Waals surface area contributed by atoms with Crippen LogP contribution in [0.5, 0.6) is 0 Å². The van der Waals surface area contributed by atoms with Crippen molar-refractivity contribution < 1.29 is 4.79 Å². The molecule has 2 aromatic rings. The molecule has 0 aliphatic carbocycles. The molecule has 0 saturated carbocycles. The average Bonchev–Trinajstić information content (AvgIpc) is 2.74. The molecule has 0 radical (unpaired) electrons. The van der Waals surface area contributed by atoms with Crippen LogP contribution in [0.1, 0.15) is 17.5 Å². The summed E-state index contributed by atoms with van der Waals surface area (Å²) in [7, 11) is 0. The molecular weight excluding hydrogens is 348 g/mol. The lowest BCUT2D eigenvalue weighted by Crippen LogP contribution is -2.47. The van der Waals surface area contributed by atoms with Gasteiger partial charge in [-0.2, -0.15) is 0 Å². The Balaban J connectivity index is 1.26. The third kappa shape index (κ3) is 4.30. The van der Waals surface area contributed by atoms with E-state index in [1.54, 1.807) is 0 Å². The number of urea groups is 1. The summed E-state index contributed by atoms with van der Waals surface area (Å²) in [5.41, 5.74) is 5.06. The van der Waals surface area contributed by atoms with Crippen LogP contribution >= 0.6 is 0 Å². The molecule has 5 heteroatoms. The van der Waals surface area contributed by atoms with Crippen LogP contribution in [0.15, 0.2) is 48.5 Å². The van der Waals surface area contributed by atoms with E-state index in [9.17, 15) is 4.79 Å². The number of hydrogen-bond acceptors (Lipinski definition) is 3. The van der Waals surface area contributed by atoms with E-state index in [1.165, 1.54) is 16.8 Å². The molecule has 0 bridgehead atoms. The highest BCUT2D eigenvalue weighted by Gasteiger charge is 2.20. The largest absolute Gasteiger partial charge is 0.369 e. The van der Waals surface area contributed by atoms with Crippen LogP contribution in [0.4, 0.5) is 16.2 Å². The predicted octanol–water partition coefficient (Wildman–Crippen LogP) is 3.28. The fraction of sp³-hybridized carbons (Fsp3) is 0.435. The normalized spacial score (nSPS) is 18.2. The third-order valence-electron chi connectivity index (χ3n) is 5.87. The van der Waals surface area contributed by atoms with Gasteiger partial charge in [0.1, 0.15) is 0 Å². The lowest BCUT2D eigenvalue weighted by atomic mass is 10.1. The van der Waals surface area contributed by atoms with Gasteiger partial charge >= 0.3 is 6.03 Å². The monoisotopic (exact) mass is 378 g/mol. The van der Waals surface area contributed by atoms with Crippen LogP contribution in [-0.2, 0) is 6.42 Å². The molecule has 28 heavy (non-hydrogen) atoms. The fourth-order valence-electron chi connectivity index (χ4n) is 4.14. The molecule has 2 aliphatic rings. The molecule has 1 N–H and O–H groups in total. The number of carbonyl (C=O) groups excluding carboxylic acids is 1. The van der Waals surface area contributed by atoms with Crippen LogP contribution < -0.4 is 15.1 Å². The van der Waals surface area contributed by atoms with E-state index in [-0.39, 0.29) is 6.03 Å². The number of benzene rings is 2. The van der Waals surface area contributed by atoms with Crippen LogP contribution in [-0.4, -0.2) is 56.7 Å². The SMILES string of the molecule is Cc1ccccc1N1CCN(CCc2ccc(N3CCCNC3=O)cc2)CC1. The van der Waals surface area contributed by atoms with Crippen LogP contribution in [0.3, 0.4) is 0 Å². The van der Waals surface area contributed by atoms with Crippen molar-refractivity contribution in [1.29, 1.82) is 0 Å². The van der Waals surface area contributed by atoms with Crippen molar-refractivity contribution in [3.05, 3.63) is 59.7 Å². The van der Waals surface area contributed by atoms with Gasteiger partial charge in [0.15, 0.2) is 0 Å². The van der Waals surface area contributed by atoms with E-state index in [0.717, 1.165) is 64.3 Å². The van der Waals surface area contributed by atoms with Gasteiger partial charge in [-0.05, 0) is 49.1 Å². The number of rotatable bonds is 5. The van der Waals surface area contributed by atoms with Gasteiger partial charge in [-0.25, -0.2) is 4.79 Å². The smallest absolute Gasteiger partial charge is 0.321 e. The molecule has 2 fully saturated rings. The van der Waals surface area contributed by atoms with Gasteiger partial charge in [0, 0.05) is 57.2 Å². The highest BCUT2D eigenvalue weighted by Crippen LogP contribution is 2.21. The number of anilines is 2. The molecule has 0 atom stereocenters. The summed E-state index contributed by atoms with van der Waals surface area (Å²) in [4.78, 5) is 18.9. The number of piperazine rings is 1. The standard InChI is InChI=1S/C23H30N4O/c1-19-5-2-3-6-22(19)26-17-15-25(16-18-26)14-11-20-7-9-21(10-8-20)27-13-4-12-24-23(27)28/h2-3,5-10H,4,11-18H2,1H3,(H,24,28). The van der Waals surface area contributed by atoms with Gasteiger partial charge in [-0.1, -0.05) is 30.3 Å². The van der Waals surface area contributed by atoms with Crippen molar-refractivity contribution in [3.8, 4) is 0 Å². The lowest BCUT2D eigenvalue weighted by molar-refractivity contribution is 0.243. The zero-order valence-corrected chi connectivity index (χ0v) is 16.7. The Morgan fingerprint density at radius 3 is 2.39 bits per heavy atom. The van der Waals surface area contributed by atoms with Gasteiger partial charge in [0.25, 0.3) is 0 Å². The summed E-state index contributed by atoms with van der Waals surface area (Å²) in [6, 6.07) is 17.2. The zero-order valence-electron chi connectivity index (χ0n) is 16.7. The lowest BCUT2D eigenvalue weighted by Gasteiger charge is -2.36. The van der Waals surface area contributed by atoms with Gasteiger partial charge in [-0.15, -0.1) is 0 Å². The van der Waals surface area contributed by atoms with Crippen LogP contribution in [0.25, 0.3) is 0 Å². The Kier molecular flexibility index (Phi) is 5.81. The first-order valence-corrected chi connectivity index (χ1v) is 10.4. The van der Waals surface area contributed by atoms with E-state index < -0.39 is 0 Å². The van der Waals surface area contributed by atoms with E-state index in [4.69, 9.17) is 0 Å². The van der Waals surface area contributed by atoms with Gasteiger partial charge < -0.3 is 10.2 Å². The van der Waals surface area contributed by atoms with Crippen molar-refractivity contribution in [3.63, 3.8) is 0 Å². The van der Waals surface area contributed by atoms with Crippen LogP contribution in [0.2, 0.25) is 0 Å². The number of nitrogens with one attached hydrogen (secondary N) is 1. The molecule has 2 saturated heterocycles. The number of amides is 2. The fourth-order valence-corrected chi connectivity index (χ4v) is 4.14. The molecule has 0 spiro atoms. The first kappa shape index (κ1) is 18.8. The summed E-state index contributed by atoms with van der Waals surface area (Å²) in [6.07, 6.45) is 2.05. The summed E-state index contributed by atoms with van der Waals surface area (Å²) < 4.78 is 0. The molecule has 2 aliphatic heterocycles. The minimum atomic E-state index is 0.0190.